The number of thiol groups is 1. The predicted octanol–water partition coefficient (Wildman–Crippen LogP) is 4.25. The largest absolute Gasteiger partial charge is 0.481 e. The van der Waals surface area contributed by atoms with Crippen molar-refractivity contribution in [2.45, 2.75) is 91.4 Å². The van der Waals surface area contributed by atoms with Crippen LogP contribution in [0, 0.1) is 31.6 Å². The van der Waals surface area contributed by atoms with Gasteiger partial charge in [-0.1, -0.05) is 26.8 Å². The maximum absolute atomic E-state index is 12.5. The molecule has 0 radical (unpaired) electrons. The second-order valence-electron chi connectivity index (χ2n) is 12.2. The molecule has 11 heteroatoms. The first kappa shape index (κ1) is 33.2. The molecular formula is C33H44N4O6S. The molecule has 0 bridgehead atoms. The number of aromatic nitrogens is 2. The molecule has 10 nitrogen and oxygen atoms in total. The number of carbonyl (C=O) groups excluding carboxylic acids is 2. The van der Waals surface area contributed by atoms with Gasteiger partial charge in [0.05, 0.1) is 0 Å². The number of allylic oxidation sites excluding steroid dienone is 2. The van der Waals surface area contributed by atoms with Crippen LogP contribution in [0.5, 0.6) is 0 Å². The molecule has 0 saturated carbocycles. The summed E-state index contributed by atoms with van der Waals surface area (Å²) in [4.78, 5) is 55.2. The van der Waals surface area contributed by atoms with Crippen molar-refractivity contribution in [1.29, 1.82) is 0 Å². The van der Waals surface area contributed by atoms with Crippen molar-refractivity contribution in [3.63, 3.8) is 0 Å². The van der Waals surface area contributed by atoms with Crippen molar-refractivity contribution in [3.05, 3.63) is 62.4 Å². The number of carbonyl (C=O) groups is 4. The molecule has 2 fully saturated rings. The van der Waals surface area contributed by atoms with Gasteiger partial charge in [0.2, 0.25) is 11.8 Å². The lowest BCUT2D eigenvalue weighted by atomic mass is 9.91. The third-order valence-corrected chi connectivity index (χ3v) is 9.74. The number of carboxylic acid groups (broad SMARTS) is 2. The summed E-state index contributed by atoms with van der Waals surface area (Å²) in [6.45, 7) is 11.7. The number of H-pyrrole nitrogens is 2. The zero-order valence-corrected chi connectivity index (χ0v) is 27.2. The van der Waals surface area contributed by atoms with Crippen molar-refractivity contribution in [3.8, 4) is 0 Å². The SMILES string of the molecule is C/C=C1\C(=O)N[C@H](Cc2[nH]c(Cc3[nH]c(/C=C4\NC(=O)[C@H](C)[C@H]4[C@H](C)S)c(C)c3CCC(=O)O)c(CCC(=O)O)c2C)C1C. The Morgan fingerprint density at radius 2 is 1.52 bits per heavy atom. The van der Waals surface area contributed by atoms with E-state index in [-0.39, 0.29) is 53.7 Å². The van der Waals surface area contributed by atoms with E-state index in [1.165, 1.54) is 0 Å². The zero-order valence-electron chi connectivity index (χ0n) is 26.3. The van der Waals surface area contributed by atoms with E-state index in [9.17, 15) is 29.4 Å². The van der Waals surface area contributed by atoms with Crippen LogP contribution in [0.1, 0.15) is 85.6 Å². The first-order valence-electron chi connectivity index (χ1n) is 15.2. The molecule has 2 saturated heterocycles. The maximum atomic E-state index is 12.5. The fourth-order valence-electron chi connectivity index (χ4n) is 6.83. The van der Waals surface area contributed by atoms with Crippen molar-refractivity contribution >= 4 is 42.5 Å². The number of hydrogen-bond acceptors (Lipinski definition) is 5. The fourth-order valence-corrected chi connectivity index (χ4v) is 7.25. The molecule has 0 spiro atoms. The van der Waals surface area contributed by atoms with E-state index in [2.05, 4.69) is 33.2 Å². The molecule has 2 aliphatic rings. The molecule has 0 aromatic carbocycles. The summed E-state index contributed by atoms with van der Waals surface area (Å²) in [5, 5.41) is 25.0. The minimum Gasteiger partial charge on any atom is -0.481 e. The fraction of sp³-hybridized carbons (Fsp3) is 0.515. The minimum atomic E-state index is -0.898. The summed E-state index contributed by atoms with van der Waals surface area (Å²) in [7, 11) is 0. The monoisotopic (exact) mass is 624 g/mol. The Morgan fingerprint density at radius 3 is 2.07 bits per heavy atom. The second-order valence-corrected chi connectivity index (χ2v) is 13.0. The van der Waals surface area contributed by atoms with Crippen LogP contribution in [0.2, 0.25) is 0 Å². The van der Waals surface area contributed by atoms with E-state index < -0.39 is 11.9 Å². The Bertz CT molecular complexity index is 1530. The molecule has 2 aromatic rings. The van der Waals surface area contributed by atoms with E-state index in [1.807, 2.05) is 53.7 Å². The molecule has 6 N–H and O–H groups in total. The average molecular weight is 625 g/mol. The Labute approximate surface area is 263 Å². The molecule has 4 heterocycles. The molecule has 4 rings (SSSR count). The van der Waals surface area contributed by atoms with Gasteiger partial charge in [-0.15, -0.1) is 0 Å². The van der Waals surface area contributed by atoms with Gasteiger partial charge in [-0.05, 0) is 61.9 Å². The van der Waals surface area contributed by atoms with Gasteiger partial charge < -0.3 is 30.8 Å². The number of aromatic amines is 2. The predicted molar refractivity (Wildman–Crippen MR) is 172 cm³/mol. The Hall–Kier alpha value is -3.73. The van der Waals surface area contributed by atoms with Gasteiger partial charge in [-0.3, -0.25) is 19.2 Å². The average Bonchev–Trinajstić information content (AvgIpc) is 3.59. The van der Waals surface area contributed by atoms with Crippen molar-refractivity contribution < 1.29 is 29.4 Å². The summed E-state index contributed by atoms with van der Waals surface area (Å²) in [5.74, 6) is -2.17. The Morgan fingerprint density at radius 1 is 0.932 bits per heavy atom. The van der Waals surface area contributed by atoms with Gasteiger partial charge in [0.1, 0.15) is 0 Å². The molecule has 238 valence electrons. The van der Waals surface area contributed by atoms with Gasteiger partial charge in [0.25, 0.3) is 0 Å². The van der Waals surface area contributed by atoms with E-state index >= 15 is 0 Å². The number of hydrogen-bond donors (Lipinski definition) is 7. The smallest absolute Gasteiger partial charge is 0.303 e. The number of aliphatic carboxylic acids is 2. The van der Waals surface area contributed by atoms with Crippen LogP contribution in [-0.2, 0) is 44.9 Å². The van der Waals surface area contributed by atoms with Crippen molar-refractivity contribution in [2.24, 2.45) is 17.8 Å². The first-order valence-corrected chi connectivity index (χ1v) is 15.8. The molecule has 2 aromatic heterocycles. The van der Waals surface area contributed by atoms with Crippen LogP contribution in [-0.4, -0.2) is 55.2 Å². The summed E-state index contributed by atoms with van der Waals surface area (Å²) in [6.07, 6.45) is 5.35. The van der Waals surface area contributed by atoms with Gasteiger partial charge >= 0.3 is 11.9 Å². The summed E-state index contributed by atoms with van der Waals surface area (Å²) in [6, 6.07) is -0.0884. The van der Waals surface area contributed by atoms with Crippen LogP contribution >= 0.6 is 12.6 Å². The lowest BCUT2D eigenvalue weighted by Crippen LogP contribution is -2.30. The third-order valence-electron chi connectivity index (χ3n) is 9.42. The third kappa shape index (κ3) is 6.82. The van der Waals surface area contributed by atoms with Crippen molar-refractivity contribution in [1.82, 2.24) is 20.6 Å². The molecule has 1 unspecified atom stereocenters. The highest BCUT2D eigenvalue weighted by Crippen LogP contribution is 2.35. The van der Waals surface area contributed by atoms with Crippen LogP contribution in [0.4, 0.5) is 0 Å². The van der Waals surface area contributed by atoms with E-state index in [1.54, 1.807) is 0 Å². The molecule has 5 atom stereocenters. The number of nitrogens with one attached hydrogen (secondary N) is 4. The van der Waals surface area contributed by atoms with Crippen LogP contribution < -0.4 is 10.6 Å². The maximum Gasteiger partial charge on any atom is 0.303 e. The Kier molecular flexibility index (Phi) is 10.2. The highest BCUT2D eigenvalue weighted by molar-refractivity contribution is 7.80. The molecule has 2 aliphatic heterocycles. The highest BCUT2D eigenvalue weighted by Gasteiger charge is 2.38. The standard InChI is InChI=1S/C33H44N4O6S/c1-7-20-15(2)25(36-33(20)43)12-23-16(3)21(8-10-29(38)39)26(34-23)14-27-22(9-11-30(40)41)17(4)24(35-27)13-28-31(19(6)44)18(5)32(42)37-28/h7,13,15,18-19,25,31,34-35,44H,8-12,14H2,1-6H3,(H,36,43)(H,37,42)(H,38,39)(H,40,41)/b20-7-,28-13-/t15?,18-,19+,25-,31+/m1/s1. The van der Waals surface area contributed by atoms with Gasteiger partial charge in [-0.25, -0.2) is 0 Å². The molecular weight excluding hydrogens is 580 g/mol. The molecule has 44 heavy (non-hydrogen) atoms. The van der Waals surface area contributed by atoms with Gasteiger partial charge in [0.15, 0.2) is 0 Å². The zero-order chi connectivity index (χ0) is 32.5. The minimum absolute atomic E-state index is 0.0292. The number of carboxylic acids is 2. The molecule has 2 amide bonds. The lowest BCUT2D eigenvalue weighted by molar-refractivity contribution is -0.138. The highest BCUT2D eigenvalue weighted by atomic mass is 32.1. The quantitative estimate of drug-likeness (QED) is 0.138. The second kappa shape index (κ2) is 13.5. The van der Waals surface area contributed by atoms with E-state index in [4.69, 9.17) is 0 Å². The van der Waals surface area contributed by atoms with Gasteiger partial charge in [-0.2, -0.15) is 12.6 Å². The van der Waals surface area contributed by atoms with Crippen LogP contribution in [0.25, 0.3) is 6.08 Å². The number of rotatable bonds is 12. The Balaban J connectivity index is 1.74. The summed E-state index contributed by atoms with van der Waals surface area (Å²) >= 11 is 4.63. The summed E-state index contributed by atoms with van der Waals surface area (Å²) in [5.41, 5.74) is 8.67. The normalized spacial score (nSPS) is 24.2. The lowest BCUT2D eigenvalue weighted by Gasteiger charge is -2.17. The summed E-state index contributed by atoms with van der Waals surface area (Å²) < 4.78 is 0. The number of amides is 2. The topological polar surface area (TPSA) is 164 Å². The first-order chi connectivity index (χ1) is 20.7. The van der Waals surface area contributed by atoms with Crippen LogP contribution in [0.15, 0.2) is 17.3 Å². The molecule has 0 aliphatic carbocycles. The van der Waals surface area contributed by atoms with Crippen LogP contribution in [0.3, 0.4) is 0 Å². The van der Waals surface area contributed by atoms with E-state index in [0.717, 1.165) is 56.3 Å². The van der Waals surface area contributed by atoms with Gasteiger partial charge in [0, 0.05) is 88.8 Å². The van der Waals surface area contributed by atoms with Crippen molar-refractivity contribution in [2.75, 3.05) is 0 Å². The van der Waals surface area contributed by atoms with E-state index in [0.29, 0.717) is 25.7 Å².